The standard InChI is InChI=1S/C25H36F3N5O4S/c1-23(2,3)18(31-22(37)25(26,27)28)21(36)33-14-38(8-4-5-9-38)13-17(33)20(35)30-16(12-29)10-15-11-24(6-7-24)32-19(15)34/h15-18H,4-11,13-14H2,1-3H3,(H,30,35)(H,31,37)(H,32,34). The topological polar surface area (TPSA) is 131 Å². The molecule has 3 N–H and O–H groups in total. The van der Waals surface area contributed by atoms with Crippen LogP contribution in [0.15, 0.2) is 0 Å². The zero-order valence-electron chi connectivity index (χ0n) is 22.0. The van der Waals surface area contributed by atoms with Crippen molar-refractivity contribution in [1.82, 2.24) is 20.9 Å². The molecule has 9 nitrogen and oxygen atoms in total. The molecule has 4 amide bonds. The summed E-state index contributed by atoms with van der Waals surface area (Å²) in [7, 11) is -1.37. The predicted molar refractivity (Wildman–Crippen MR) is 135 cm³/mol. The molecule has 4 fully saturated rings. The van der Waals surface area contributed by atoms with Crippen LogP contribution in [0, 0.1) is 22.7 Å². The number of nitrogens with zero attached hydrogens (tertiary/aromatic N) is 2. The Kier molecular flexibility index (Phi) is 7.44. The Balaban J connectivity index is 1.52. The third kappa shape index (κ3) is 5.90. The number of rotatable bonds is 6. The maximum absolute atomic E-state index is 13.7. The van der Waals surface area contributed by atoms with Crippen LogP contribution in [0.5, 0.6) is 0 Å². The van der Waals surface area contributed by atoms with Gasteiger partial charge < -0.3 is 20.9 Å². The lowest BCUT2D eigenvalue weighted by molar-refractivity contribution is -0.176. The highest BCUT2D eigenvalue weighted by Crippen LogP contribution is 2.59. The lowest BCUT2D eigenvalue weighted by Crippen LogP contribution is -2.60. The fourth-order valence-corrected chi connectivity index (χ4v) is 10.3. The van der Waals surface area contributed by atoms with Crippen LogP contribution >= 0.6 is 10.0 Å². The van der Waals surface area contributed by atoms with Crippen molar-refractivity contribution in [3.05, 3.63) is 0 Å². The van der Waals surface area contributed by atoms with Gasteiger partial charge in [-0.2, -0.15) is 18.4 Å². The Labute approximate surface area is 221 Å². The summed E-state index contributed by atoms with van der Waals surface area (Å²) >= 11 is 0. The molecule has 4 aliphatic rings. The fourth-order valence-electron chi connectivity index (χ4n) is 5.88. The van der Waals surface area contributed by atoms with E-state index in [2.05, 4.69) is 16.7 Å². The van der Waals surface area contributed by atoms with E-state index in [0.717, 1.165) is 37.2 Å². The van der Waals surface area contributed by atoms with Crippen molar-refractivity contribution >= 4 is 33.7 Å². The molecule has 3 saturated heterocycles. The van der Waals surface area contributed by atoms with E-state index in [4.69, 9.17) is 0 Å². The minimum absolute atomic E-state index is 0.127. The third-order valence-corrected chi connectivity index (χ3v) is 12.3. The number of halogens is 3. The summed E-state index contributed by atoms with van der Waals surface area (Å²) in [5.74, 6) is -1.58. The first-order chi connectivity index (χ1) is 17.6. The van der Waals surface area contributed by atoms with Gasteiger partial charge in [-0.1, -0.05) is 20.8 Å². The van der Waals surface area contributed by atoms with Gasteiger partial charge >= 0.3 is 12.1 Å². The van der Waals surface area contributed by atoms with Gasteiger partial charge in [0.05, 0.1) is 11.9 Å². The second-order valence-corrected chi connectivity index (χ2v) is 16.2. The normalized spacial score (nSPS) is 27.9. The lowest BCUT2D eigenvalue weighted by Gasteiger charge is -2.36. The first-order valence-electron chi connectivity index (χ1n) is 13.0. The Morgan fingerprint density at radius 1 is 1.18 bits per heavy atom. The van der Waals surface area contributed by atoms with Gasteiger partial charge in [0, 0.05) is 17.2 Å². The van der Waals surface area contributed by atoms with Crippen LogP contribution in [0.1, 0.15) is 59.3 Å². The summed E-state index contributed by atoms with van der Waals surface area (Å²) < 4.78 is 39.2. The van der Waals surface area contributed by atoms with Gasteiger partial charge in [0.2, 0.25) is 17.7 Å². The van der Waals surface area contributed by atoms with Crippen LogP contribution in [-0.2, 0) is 19.2 Å². The number of nitriles is 1. The Bertz CT molecular complexity index is 1040. The molecule has 3 aliphatic heterocycles. The van der Waals surface area contributed by atoms with Crippen molar-refractivity contribution < 1.29 is 32.3 Å². The highest BCUT2D eigenvalue weighted by molar-refractivity contribution is 8.34. The van der Waals surface area contributed by atoms with Gasteiger partial charge in [-0.05, 0) is 55.4 Å². The maximum Gasteiger partial charge on any atom is 0.471 e. The molecule has 4 atom stereocenters. The second-order valence-electron chi connectivity index (χ2n) is 12.3. The first-order valence-corrected chi connectivity index (χ1v) is 15.3. The summed E-state index contributed by atoms with van der Waals surface area (Å²) in [5.41, 5.74) is -1.22. The second kappa shape index (κ2) is 9.92. The summed E-state index contributed by atoms with van der Waals surface area (Å²) in [6.45, 7) is 4.67. The van der Waals surface area contributed by atoms with Gasteiger partial charge in [-0.25, -0.2) is 10.0 Å². The lowest BCUT2D eigenvalue weighted by atomic mass is 9.85. The molecule has 0 aromatic heterocycles. The van der Waals surface area contributed by atoms with E-state index < -0.39 is 63.4 Å². The SMILES string of the molecule is CC(C)(C)C(NC(=O)C(F)(F)F)C(=O)N1CS2(CCCC2)CC1C(=O)NC(C#N)CC1CC2(CC2)NC1=O. The van der Waals surface area contributed by atoms with Crippen molar-refractivity contribution in [2.75, 3.05) is 23.1 Å². The van der Waals surface area contributed by atoms with Gasteiger partial charge in [0.25, 0.3) is 0 Å². The number of carbonyl (C=O) groups excluding carboxylic acids is 4. The number of hydrogen-bond donors (Lipinski definition) is 3. The number of amides is 4. The molecule has 4 rings (SSSR count). The fraction of sp³-hybridized carbons (Fsp3) is 0.800. The molecule has 0 bridgehead atoms. The van der Waals surface area contributed by atoms with Crippen molar-refractivity contribution in [3.8, 4) is 6.07 Å². The van der Waals surface area contributed by atoms with Crippen LogP contribution in [0.25, 0.3) is 0 Å². The van der Waals surface area contributed by atoms with Gasteiger partial charge in [0.1, 0.15) is 18.1 Å². The molecule has 212 valence electrons. The number of carbonyl (C=O) groups is 4. The Morgan fingerprint density at radius 3 is 2.32 bits per heavy atom. The molecule has 1 saturated carbocycles. The van der Waals surface area contributed by atoms with E-state index in [0.29, 0.717) is 12.2 Å². The van der Waals surface area contributed by atoms with Crippen LogP contribution in [-0.4, -0.2) is 81.5 Å². The smallest absolute Gasteiger partial charge is 0.350 e. The zero-order chi connectivity index (χ0) is 28.1. The van der Waals surface area contributed by atoms with E-state index in [1.165, 1.54) is 4.90 Å². The summed E-state index contributed by atoms with van der Waals surface area (Å²) in [6, 6.07) is -1.33. The molecule has 0 aromatic rings. The average molecular weight is 560 g/mol. The molecule has 1 aliphatic carbocycles. The molecular weight excluding hydrogens is 523 g/mol. The molecule has 13 heteroatoms. The van der Waals surface area contributed by atoms with E-state index in [1.807, 2.05) is 5.32 Å². The highest BCUT2D eigenvalue weighted by Gasteiger charge is 2.54. The molecule has 4 unspecified atom stereocenters. The summed E-state index contributed by atoms with van der Waals surface area (Å²) in [6.07, 6.45) is -0.661. The van der Waals surface area contributed by atoms with Crippen molar-refractivity contribution in [3.63, 3.8) is 0 Å². The van der Waals surface area contributed by atoms with Crippen molar-refractivity contribution in [2.45, 2.75) is 89.1 Å². The molecule has 0 aromatic carbocycles. The van der Waals surface area contributed by atoms with Crippen LogP contribution in [0.3, 0.4) is 0 Å². The molecule has 38 heavy (non-hydrogen) atoms. The largest absolute Gasteiger partial charge is 0.471 e. The monoisotopic (exact) mass is 559 g/mol. The van der Waals surface area contributed by atoms with Gasteiger partial charge in [-0.3, -0.25) is 19.2 Å². The highest BCUT2D eigenvalue weighted by atomic mass is 32.3. The molecular formula is C25H36F3N5O4S. The van der Waals surface area contributed by atoms with Crippen LogP contribution in [0.2, 0.25) is 0 Å². The average Bonchev–Trinajstić information content (AvgIpc) is 3.15. The minimum atomic E-state index is -5.16. The van der Waals surface area contributed by atoms with Crippen LogP contribution < -0.4 is 16.0 Å². The number of hydrogen-bond acceptors (Lipinski definition) is 5. The molecule has 3 heterocycles. The number of nitrogens with one attached hydrogen (secondary N) is 3. The van der Waals surface area contributed by atoms with Gasteiger partial charge in [-0.15, -0.1) is 0 Å². The third-order valence-electron chi connectivity index (χ3n) is 8.18. The van der Waals surface area contributed by atoms with Crippen LogP contribution in [0.4, 0.5) is 13.2 Å². The first kappa shape index (κ1) is 28.5. The van der Waals surface area contributed by atoms with Crippen molar-refractivity contribution in [2.24, 2.45) is 11.3 Å². The zero-order valence-corrected chi connectivity index (χ0v) is 22.8. The number of alkyl halides is 3. The van der Waals surface area contributed by atoms with E-state index in [9.17, 15) is 37.6 Å². The molecule has 2 spiro atoms. The Morgan fingerprint density at radius 2 is 1.82 bits per heavy atom. The summed E-state index contributed by atoms with van der Waals surface area (Å²) in [5, 5.41) is 17.3. The van der Waals surface area contributed by atoms with E-state index >= 15 is 0 Å². The predicted octanol–water partition coefficient (Wildman–Crippen LogP) is 1.91. The maximum atomic E-state index is 13.7. The minimum Gasteiger partial charge on any atom is -0.350 e. The summed E-state index contributed by atoms with van der Waals surface area (Å²) in [4.78, 5) is 52.7. The van der Waals surface area contributed by atoms with E-state index in [1.54, 1.807) is 20.8 Å². The van der Waals surface area contributed by atoms with E-state index in [-0.39, 0.29) is 23.7 Å². The van der Waals surface area contributed by atoms with Crippen molar-refractivity contribution in [1.29, 1.82) is 5.26 Å². The molecule has 0 radical (unpaired) electrons. The van der Waals surface area contributed by atoms with Gasteiger partial charge in [0.15, 0.2) is 0 Å². The Hall–Kier alpha value is -2.49. The quantitative estimate of drug-likeness (QED) is 0.458.